The highest BCUT2D eigenvalue weighted by molar-refractivity contribution is 6.04. The Bertz CT molecular complexity index is 1080. The number of carbonyl (C=O) groups excluding carboxylic acids is 2. The lowest BCUT2D eigenvalue weighted by Crippen LogP contribution is -2.27. The number of hydrogen-bond acceptors (Lipinski definition) is 6. The van der Waals surface area contributed by atoms with Crippen molar-refractivity contribution in [2.45, 2.75) is 33.3 Å². The van der Waals surface area contributed by atoms with Crippen molar-refractivity contribution < 1.29 is 23.5 Å². The fraction of sp³-hybridized carbons (Fsp3) is 0.261. The molecule has 3 aromatic rings. The van der Waals surface area contributed by atoms with Crippen LogP contribution in [-0.4, -0.2) is 29.7 Å². The molecule has 0 radical (unpaired) electrons. The van der Waals surface area contributed by atoms with Crippen molar-refractivity contribution in [2.75, 3.05) is 17.7 Å². The van der Waals surface area contributed by atoms with Crippen LogP contribution < -0.4 is 15.4 Å². The molecule has 0 aliphatic carbocycles. The molecule has 1 heterocycles. The van der Waals surface area contributed by atoms with Gasteiger partial charge in [-0.1, -0.05) is 18.2 Å². The number of hydrogen-bond donors (Lipinski definition) is 2. The highest BCUT2D eigenvalue weighted by Crippen LogP contribution is 2.29. The van der Waals surface area contributed by atoms with E-state index in [1.165, 1.54) is 7.11 Å². The van der Waals surface area contributed by atoms with Gasteiger partial charge in [-0.25, -0.2) is 9.78 Å². The van der Waals surface area contributed by atoms with Gasteiger partial charge in [-0.15, -0.1) is 0 Å². The van der Waals surface area contributed by atoms with E-state index in [1.54, 1.807) is 45.9 Å². The van der Waals surface area contributed by atoms with Gasteiger partial charge in [-0.05, 0) is 58.0 Å². The van der Waals surface area contributed by atoms with Gasteiger partial charge in [0, 0.05) is 11.3 Å². The molecule has 0 fully saturated rings. The molecule has 0 bridgehead atoms. The van der Waals surface area contributed by atoms with Crippen LogP contribution in [0.5, 0.6) is 5.75 Å². The molecule has 0 aliphatic heterocycles. The molecule has 8 heteroatoms. The van der Waals surface area contributed by atoms with E-state index in [-0.39, 0.29) is 5.69 Å². The van der Waals surface area contributed by atoms with E-state index in [9.17, 15) is 9.59 Å². The molecule has 0 saturated carbocycles. The van der Waals surface area contributed by atoms with E-state index >= 15 is 0 Å². The number of rotatable bonds is 5. The summed E-state index contributed by atoms with van der Waals surface area (Å²) in [6, 6.07) is 14.2. The molecule has 0 unspecified atom stereocenters. The summed E-state index contributed by atoms with van der Waals surface area (Å²) < 4.78 is 16.2. The summed E-state index contributed by atoms with van der Waals surface area (Å²) in [5.74, 6) is 0.756. The maximum atomic E-state index is 12.8. The summed E-state index contributed by atoms with van der Waals surface area (Å²) in [5, 5.41) is 5.40. The van der Waals surface area contributed by atoms with E-state index < -0.39 is 17.6 Å². The predicted molar refractivity (Wildman–Crippen MR) is 117 cm³/mol. The first kappa shape index (κ1) is 21.9. The first-order chi connectivity index (χ1) is 14.7. The van der Waals surface area contributed by atoms with Crippen LogP contribution in [0.2, 0.25) is 0 Å². The first-order valence-electron chi connectivity index (χ1n) is 9.68. The summed E-state index contributed by atoms with van der Waals surface area (Å²) in [4.78, 5) is 29.2. The number of ether oxygens (including phenoxy) is 2. The number of amides is 2. The standard InChI is InChI=1S/C23H25N3O5/c1-14-19(26-21(30-14)15-9-7-6-8-10-15)20(27)24-16-11-12-18(29-5)17(13-16)25-22(28)31-23(2,3)4/h6-13H,1-5H3,(H,24,27)(H,25,28). The quantitative estimate of drug-likeness (QED) is 0.580. The van der Waals surface area contributed by atoms with Crippen LogP contribution in [0.25, 0.3) is 11.5 Å². The van der Waals surface area contributed by atoms with Gasteiger partial charge in [0.1, 0.15) is 17.1 Å². The number of nitrogens with one attached hydrogen (secondary N) is 2. The molecule has 2 N–H and O–H groups in total. The van der Waals surface area contributed by atoms with Crippen LogP contribution in [0.4, 0.5) is 16.2 Å². The van der Waals surface area contributed by atoms with Crippen LogP contribution in [0.15, 0.2) is 52.9 Å². The largest absolute Gasteiger partial charge is 0.495 e. The van der Waals surface area contributed by atoms with E-state index in [4.69, 9.17) is 13.9 Å². The summed E-state index contributed by atoms with van der Waals surface area (Å²) in [6.07, 6.45) is -0.630. The van der Waals surface area contributed by atoms with Crippen LogP contribution >= 0.6 is 0 Å². The Kier molecular flexibility index (Phi) is 6.29. The second kappa shape index (κ2) is 8.91. The topological polar surface area (TPSA) is 103 Å². The number of nitrogens with zero attached hydrogens (tertiary/aromatic N) is 1. The molecule has 0 spiro atoms. The third kappa shape index (κ3) is 5.63. The number of benzene rings is 2. The average Bonchev–Trinajstić information content (AvgIpc) is 3.09. The lowest BCUT2D eigenvalue weighted by molar-refractivity contribution is 0.0635. The Hall–Kier alpha value is -3.81. The van der Waals surface area contributed by atoms with E-state index in [2.05, 4.69) is 15.6 Å². The lowest BCUT2D eigenvalue weighted by Gasteiger charge is -2.20. The normalized spacial score (nSPS) is 11.0. The predicted octanol–water partition coefficient (Wildman–Crippen LogP) is 5.26. The second-order valence-electron chi connectivity index (χ2n) is 7.79. The molecule has 0 saturated heterocycles. The van der Waals surface area contributed by atoms with Gasteiger partial charge in [-0.3, -0.25) is 10.1 Å². The van der Waals surface area contributed by atoms with Crippen molar-refractivity contribution in [3.8, 4) is 17.2 Å². The number of aromatic nitrogens is 1. The minimum absolute atomic E-state index is 0.177. The van der Waals surface area contributed by atoms with Crippen LogP contribution in [0, 0.1) is 6.92 Å². The summed E-state index contributed by atoms with van der Waals surface area (Å²) in [6.45, 7) is 6.98. The number of aryl methyl sites for hydroxylation is 1. The molecule has 31 heavy (non-hydrogen) atoms. The van der Waals surface area contributed by atoms with Gasteiger partial charge in [0.2, 0.25) is 5.89 Å². The van der Waals surface area contributed by atoms with Crippen LogP contribution in [0.1, 0.15) is 37.0 Å². The maximum absolute atomic E-state index is 12.8. The fourth-order valence-corrected chi connectivity index (χ4v) is 2.80. The molecule has 2 amide bonds. The fourth-order valence-electron chi connectivity index (χ4n) is 2.80. The lowest BCUT2D eigenvalue weighted by atomic mass is 10.2. The number of anilines is 2. The number of oxazole rings is 1. The van der Waals surface area contributed by atoms with E-state index in [0.29, 0.717) is 28.8 Å². The Morgan fingerprint density at radius 3 is 2.39 bits per heavy atom. The van der Waals surface area contributed by atoms with Gasteiger partial charge in [0.15, 0.2) is 5.69 Å². The second-order valence-corrected chi connectivity index (χ2v) is 7.79. The van der Waals surface area contributed by atoms with Crippen molar-refractivity contribution >= 4 is 23.4 Å². The zero-order valence-corrected chi connectivity index (χ0v) is 18.1. The highest BCUT2D eigenvalue weighted by Gasteiger charge is 2.20. The Labute approximate surface area is 180 Å². The first-order valence-corrected chi connectivity index (χ1v) is 9.68. The molecular formula is C23H25N3O5. The zero-order valence-electron chi connectivity index (χ0n) is 18.1. The SMILES string of the molecule is COc1ccc(NC(=O)c2nc(-c3ccccc3)oc2C)cc1NC(=O)OC(C)(C)C. The summed E-state index contributed by atoms with van der Waals surface area (Å²) in [5.41, 5.74) is 1.11. The minimum Gasteiger partial charge on any atom is -0.495 e. The van der Waals surface area contributed by atoms with Crippen molar-refractivity contribution in [2.24, 2.45) is 0 Å². The van der Waals surface area contributed by atoms with Crippen LogP contribution in [0.3, 0.4) is 0 Å². The third-order valence-electron chi connectivity index (χ3n) is 4.13. The van der Waals surface area contributed by atoms with Gasteiger partial charge >= 0.3 is 6.09 Å². The van der Waals surface area contributed by atoms with Crippen molar-refractivity contribution in [3.63, 3.8) is 0 Å². The molecule has 3 rings (SSSR count). The third-order valence-corrected chi connectivity index (χ3v) is 4.13. The van der Waals surface area contributed by atoms with Crippen molar-refractivity contribution in [1.82, 2.24) is 4.98 Å². The Morgan fingerprint density at radius 1 is 1.03 bits per heavy atom. The minimum atomic E-state index is -0.649. The van der Waals surface area contributed by atoms with Crippen molar-refractivity contribution in [3.05, 3.63) is 60.0 Å². The highest BCUT2D eigenvalue weighted by atomic mass is 16.6. The van der Waals surface area contributed by atoms with Crippen LogP contribution in [-0.2, 0) is 4.74 Å². The molecule has 0 atom stereocenters. The van der Waals surface area contributed by atoms with Crippen molar-refractivity contribution in [1.29, 1.82) is 0 Å². The van der Waals surface area contributed by atoms with E-state index in [1.807, 2.05) is 30.3 Å². The Morgan fingerprint density at radius 2 is 1.74 bits per heavy atom. The van der Waals surface area contributed by atoms with Gasteiger partial charge in [-0.2, -0.15) is 0 Å². The molecular weight excluding hydrogens is 398 g/mol. The van der Waals surface area contributed by atoms with Gasteiger partial charge in [0.05, 0.1) is 12.8 Å². The Balaban J connectivity index is 1.79. The molecule has 162 valence electrons. The molecule has 0 aliphatic rings. The van der Waals surface area contributed by atoms with Gasteiger partial charge in [0.25, 0.3) is 5.91 Å². The van der Waals surface area contributed by atoms with E-state index in [0.717, 1.165) is 5.56 Å². The average molecular weight is 423 g/mol. The number of methoxy groups -OCH3 is 1. The summed E-state index contributed by atoms with van der Waals surface area (Å²) >= 11 is 0. The maximum Gasteiger partial charge on any atom is 0.412 e. The molecule has 8 nitrogen and oxygen atoms in total. The monoisotopic (exact) mass is 423 g/mol. The number of carbonyl (C=O) groups is 2. The molecule has 2 aromatic carbocycles. The van der Waals surface area contributed by atoms with Gasteiger partial charge < -0.3 is 19.2 Å². The zero-order chi connectivity index (χ0) is 22.6. The molecule has 1 aromatic heterocycles. The summed E-state index contributed by atoms with van der Waals surface area (Å²) in [7, 11) is 1.48. The smallest absolute Gasteiger partial charge is 0.412 e.